The fourth-order valence-corrected chi connectivity index (χ4v) is 6.93. The van der Waals surface area contributed by atoms with Crippen LogP contribution in [0.2, 0.25) is 0 Å². The fraction of sp³-hybridized carbons (Fsp3) is 0.303. The van der Waals surface area contributed by atoms with Crippen molar-refractivity contribution in [2.45, 2.75) is 62.8 Å². The first kappa shape index (κ1) is 30.3. The number of hydrogen-bond acceptors (Lipinski definition) is 5. The smallest absolute Gasteiger partial charge is 0.303 e. The molecule has 2 N–H and O–H groups in total. The van der Waals surface area contributed by atoms with Crippen LogP contribution in [0.15, 0.2) is 94.9 Å². The summed E-state index contributed by atoms with van der Waals surface area (Å²) >= 11 is 3.53. The van der Waals surface area contributed by atoms with Gasteiger partial charge in [0.25, 0.3) is 5.01 Å². The van der Waals surface area contributed by atoms with Crippen LogP contribution in [-0.2, 0) is 16.1 Å². The van der Waals surface area contributed by atoms with Gasteiger partial charge in [-0.3, -0.25) is 9.59 Å². The van der Waals surface area contributed by atoms with Gasteiger partial charge in [-0.15, -0.1) is 0 Å². The van der Waals surface area contributed by atoms with Crippen LogP contribution in [0.4, 0.5) is 5.69 Å². The van der Waals surface area contributed by atoms with E-state index in [1.165, 1.54) is 30.8 Å². The van der Waals surface area contributed by atoms with E-state index in [-0.39, 0.29) is 12.8 Å². The van der Waals surface area contributed by atoms with E-state index in [1.54, 1.807) is 23.1 Å². The number of aliphatic carboxylic acids is 2. The predicted octanol–water partition coefficient (Wildman–Crippen LogP) is 8.06. The first-order valence-corrected chi connectivity index (χ1v) is 15.8. The molecule has 0 saturated carbocycles. The largest absolute Gasteiger partial charge is 0.481 e. The zero-order chi connectivity index (χ0) is 28.9. The Labute approximate surface area is 250 Å². The molecule has 0 fully saturated rings. The summed E-state index contributed by atoms with van der Waals surface area (Å²) in [5, 5.41) is 20.1. The molecule has 2 heterocycles. The van der Waals surface area contributed by atoms with Gasteiger partial charge in [0.05, 0.1) is 10.7 Å². The molecule has 0 radical (unpaired) electrons. The number of anilines is 1. The molecule has 1 aliphatic heterocycles. The number of fused-ring (bicyclic) bond motifs is 2. The number of unbranched alkanes of at least 4 members (excludes halogenated alkanes) is 4. The average Bonchev–Trinajstić information content (AvgIpc) is 3.49. The number of thioether (sulfide) groups is 1. The van der Waals surface area contributed by atoms with Crippen LogP contribution >= 0.6 is 23.1 Å². The summed E-state index contributed by atoms with van der Waals surface area (Å²) in [5.74, 6) is -1.46. The highest BCUT2D eigenvalue weighted by atomic mass is 32.2. The lowest BCUT2D eigenvalue weighted by Crippen LogP contribution is -2.35. The van der Waals surface area contributed by atoms with E-state index in [2.05, 4.69) is 82.3 Å². The molecule has 0 atom stereocenters. The van der Waals surface area contributed by atoms with Crippen molar-refractivity contribution in [2.75, 3.05) is 11.4 Å². The third-order valence-electron chi connectivity index (χ3n) is 6.74. The average molecular weight is 590 g/mol. The number of carboxylic acid groups (broad SMARTS) is 2. The zero-order valence-electron chi connectivity index (χ0n) is 23.2. The van der Waals surface area contributed by atoms with Crippen molar-refractivity contribution in [3.63, 3.8) is 0 Å². The molecule has 1 aromatic heterocycles. The molecule has 0 aliphatic carbocycles. The van der Waals surface area contributed by atoms with Gasteiger partial charge in [-0.1, -0.05) is 84.2 Å². The molecule has 1 aliphatic rings. The molecule has 0 bridgehead atoms. The Bertz CT molecular complexity index is 1450. The highest BCUT2D eigenvalue weighted by Gasteiger charge is 2.23. The first-order valence-electron chi connectivity index (χ1n) is 14.1. The van der Waals surface area contributed by atoms with Crippen molar-refractivity contribution in [1.29, 1.82) is 0 Å². The van der Waals surface area contributed by atoms with Crippen molar-refractivity contribution in [3.05, 3.63) is 95.0 Å². The third-order valence-corrected chi connectivity index (χ3v) is 9.00. The Morgan fingerprint density at radius 1 is 0.780 bits per heavy atom. The van der Waals surface area contributed by atoms with Crippen molar-refractivity contribution in [2.24, 2.45) is 0 Å². The Hall–Kier alpha value is -3.62. The molecule has 0 amide bonds. The molecular weight excluding hydrogens is 553 g/mol. The maximum Gasteiger partial charge on any atom is 0.303 e. The van der Waals surface area contributed by atoms with Gasteiger partial charge in [-0.2, -0.15) is 4.57 Å². The van der Waals surface area contributed by atoms with Crippen molar-refractivity contribution in [1.82, 2.24) is 0 Å². The minimum Gasteiger partial charge on any atom is -0.481 e. The lowest BCUT2D eigenvalue weighted by atomic mass is 10.2. The summed E-state index contributed by atoms with van der Waals surface area (Å²) in [7, 11) is 0. The Balaban J connectivity index is 1.35. The molecule has 6 nitrogen and oxygen atoms in total. The highest BCUT2D eigenvalue weighted by Crippen LogP contribution is 2.45. The Morgan fingerprint density at radius 3 is 2.27 bits per heavy atom. The number of para-hydroxylation sites is 2. The number of nitrogens with zero attached hydrogens (tertiary/aromatic N) is 2. The van der Waals surface area contributed by atoms with Gasteiger partial charge in [0, 0.05) is 42.8 Å². The second-order valence-electron chi connectivity index (χ2n) is 9.82. The monoisotopic (exact) mass is 589 g/mol. The number of allylic oxidation sites excluding steroid dienone is 6. The van der Waals surface area contributed by atoms with E-state index in [0.29, 0.717) is 12.8 Å². The standard InChI is InChI=1S/C33H36N2O4S2/c36-32(37)22-8-4-14-24-34-26-16-10-12-18-28(26)40-30(34)20-6-2-1-3-7-21-31-35(25-15-5-9-23-33(38)39)27-17-11-13-19-29(27)41-31/h1-3,6-7,10-13,16-21H,4-5,8-9,14-15,22-25H2,(H-,36,37,38,39)/p+1. The molecule has 214 valence electrons. The molecule has 0 spiro atoms. The second-order valence-corrected chi connectivity index (χ2v) is 11.9. The molecule has 41 heavy (non-hydrogen) atoms. The number of hydrogen-bond donors (Lipinski definition) is 2. The third kappa shape index (κ3) is 9.20. The molecular formula is C33H37N2O4S2+. The second kappa shape index (κ2) is 16.0. The van der Waals surface area contributed by atoms with E-state index >= 15 is 0 Å². The molecule has 2 aromatic carbocycles. The molecule has 3 aromatic rings. The van der Waals surface area contributed by atoms with E-state index in [4.69, 9.17) is 10.2 Å². The molecule has 0 unspecified atom stereocenters. The predicted molar refractivity (Wildman–Crippen MR) is 169 cm³/mol. The van der Waals surface area contributed by atoms with E-state index in [1.807, 2.05) is 18.2 Å². The summed E-state index contributed by atoms with van der Waals surface area (Å²) in [6, 6.07) is 16.8. The Kier molecular flexibility index (Phi) is 11.8. The normalized spacial score (nSPS) is 14.3. The number of benzene rings is 2. The van der Waals surface area contributed by atoms with Crippen molar-refractivity contribution >= 4 is 57.0 Å². The van der Waals surface area contributed by atoms with Gasteiger partial charge in [-0.05, 0) is 50.0 Å². The van der Waals surface area contributed by atoms with Gasteiger partial charge in [0.2, 0.25) is 5.52 Å². The number of carboxylic acids is 2. The van der Waals surface area contributed by atoms with Crippen LogP contribution in [0.3, 0.4) is 0 Å². The lowest BCUT2D eigenvalue weighted by Gasteiger charge is -2.20. The van der Waals surface area contributed by atoms with Crippen LogP contribution in [-0.4, -0.2) is 28.7 Å². The zero-order valence-corrected chi connectivity index (χ0v) is 24.8. The van der Waals surface area contributed by atoms with Crippen LogP contribution in [0.5, 0.6) is 0 Å². The maximum absolute atomic E-state index is 10.8. The van der Waals surface area contributed by atoms with Gasteiger partial charge in [0.15, 0.2) is 6.54 Å². The molecule has 0 saturated heterocycles. The van der Waals surface area contributed by atoms with Gasteiger partial charge >= 0.3 is 11.9 Å². The van der Waals surface area contributed by atoms with E-state index in [0.717, 1.165) is 38.8 Å². The quantitative estimate of drug-likeness (QED) is 0.0999. The number of thiazole rings is 1. The summed E-state index contributed by atoms with van der Waals surface area (Å²) in [4.78, 5) is 25.2. The highest BCUT2D eigenvalue weighted by molar-refractivity contribution is 8.03. The first-order chi connectivity index (χ1) is 20.0. The lowest BCUT2D eigenvalue weighted by molar-refractivity contribution is -0.669. The van der Waals surface area contributed by atoms with E-state index < -0.39 is 11.9 Å². The van der Waals surface area contributed by atoms with Gasteiger partial charge in [0.1, 0.15) is 4.70 Å². The van der Waals surface area contributed by atoms with Gasteiger partial charge in [-0.25, -0.2) is 0 Å². The summed E-state index contributed by atoms with van der Waals surface area (Å²) in [6.07, 6.45) is 20.1. The molecule has 8 heteroatoms. The summed E-state index contributed by atoms with van der Waals surface area (Å²) in [6.45, 7) is 1.74. The maximum atomic E-state index is 10.8. The number of aryl methyl sites for hydroxylation is 1. The van der Waals surface area contributed by atoms with Crippen LogP contribution in [0.1, 0.15) is 56.4 Å². The minimum absolute atomic E-state index is 0.231. The van der Waals surface area contributed by atoms with Crippen molar-refractivity contribution < 1.29 is 24.4 Å². The Morgan fingerprint density at radius 2 is 1.46 bits per heavy atom. The topological polar surface area (TPSA) is 81.7 Å². The number of carbonyl (C=O) groups is 2. The van der Waals surface area contributed by atoms with Crippen molar-refractivity contribution in [3.8, 4) is 0 Å². The summed E-state index contributed by atoms with van der Waals surface area (Å²) in [5.41, 5.74) is 2.43. The van der Waals surface area contributed by atoms with E-state index in [9.17, 15) is 9.59 Å². The summed E-state index contributed by atoms with van der Waals surface area (Å²) < 4.78 is 3.58. The number of aromatic nitrogens is 1. The minimum atomic E-state index is -0.728. The molecule has 4 rings (SSSR count). The number of rotatable bonds is 16. The fourth-order valence-electron chi connectivity index (χ4n) is 4.73. The van der Waals surface area contributed by atoms with Crippen LogP contribution in [0, 0.1) is 0 Å². The van der Waals surface area contributed by atoms with Crippen LogP contribution in [0.25, 0.3) is 16.3 Å². The van der Waals surface area contributed by atoms with Crippen LogP contribution < -0.4 is 9.47 Å². The SMILES string of the molecule is O=C(O)CCCCCN1/C(=C/C=C/C=C/C=C/c2sc3ccccc3[n+]2CCCCCC(=O)O)Sc2ccccc21. The van der Waals surface area contributed by atoms with Gasteiger partial charge < -0.3 is 15.1 Å².